The molecular weight excluding hydrogens is 252 g/mol. The minimum atomic E-state index is 0.174. The second kappa shape index (κ2) is 5.13. The fourth-order valence-electron chi connectivity index (χ4n) is 2.30. The molecule has 0 fully saturated rings. The normalized spacial score (nSPS) is 13.2. The molecule has 3 rings (SSSR count). The van der Waals surface area contributed by atoms with Crippen LogP contribution in [-0.2, 0) is 6.54 Å². The average molecular weight is 270 g/mol. The van der Waals surface area contributed by atoms with E-state index in [9.17, 15) is 0 Å². The third kappa shape index (κ3) is 2.47. The SMILES string of the molecule is Cc1cc(CN(C)C(C)c2cc3ccccc3o2)on1. The molecule has 0 N–H and O–H groups in total. The summed E-state index contributed by atoms with van der Waals surface area (Å²) in [7, 11) is 2.05. The first kappa shape index (κ1) is 12.9. The second-order valence-corrected chi connectivity index (χ2v) is 5.21. The first-order valence-corrected chi connectivity index (χ1v) is 6.74. The Morgan fingerprint density at radius 2 is 2.05 bits per heavy atom. The molecule has 0 aliphatic heterocycles. The van der Waals surface area contributed by atoms with E-state index in [4.69, 9.17) is 8.94 Å². The molecular formula is C16H18N2O2. The van der Waals surface area contributed by atoms with Gasteiger partial charge in [-0.15, -0.1) is 0 Å². The summed E-state index contributed by atoms with van der Waals surface area (Å²) in [6, 6.07) is 12.3. The monoisotopic (exact) mass is 270 g/mol. The van der Waals surface area contributed by atoms with E-state index in [-0.39, 0.29) is 6.04 Å². The smallest absolute Gasteiger partial charge is 0.150 e. The Balaban J connectivity index is 1.78. The van der Waals surface area contributed by atoms with Crippen LogP contribution in [0.25, 0.3) is 11.0 Å². The molecule has 0 amide bonds. The summed E-state index contributed by atoms with van der Waals surface area (Å²) < 4.78 is 11.2. The zero-order valence-corrected chi connectivity index (χ0v) is 12.0. The van der Waals surface area contributed by atoms with Crippen molar-refractivity contribution < 1.29 is 8.94 Å². The van der Waals surface area contributed by atoms with Crippen LogP contribution in [0.15, 0.2) is 45.3 Å². The minimum Gasteiger partial charge on any atom is -0.459 e. The number of fused-ring (bicyclic) bond motifs is 1. The quantitative estimate of drug-likeness (QED) is 0.720. The van der Waals surface area contributed by atoms with Gasteiger partial charge in [-0.05, 0) is 33.0 Å². The maximum atomic E-state index is 5.91. The zero-order valence-electron chi connectivity index (χ0n) is 12.0. The lowest BCUT2D eigenvalue weighted by Crippen LogP contribution is -2.21. The van der Waals surface area contributed by atoms with E-state index in [1.807, 2.05) is 31.2 Å². The summed E-state index contributed by atoms with van der Waals surface area (Å²) in [6.07, 6.45) is 0. The number of aromatic nitrogens is 1. The molecule has 0 saturated carbocycles. The van der Waals surface area contributed by atoms with Crippen LogP contribution in [0.3, 0.4) is 0 Å². The number of furan rings is 1. The third-order valence-corrected chi connectivity index (χ3v) is 3.60. The van der Waals surface area contributed by atoms with E-state index in [1.54, 1.807) is 0 Å². The number of nitrogens with zero attached hydrogens (tertiary/aromatic N) is 2. The van der Waals surface area contributed by atoms with Crippen molar-refractivity contribution in [2.45, 2.75) is 26.4 Å². The van der Waals surface area contributed by atoms with E-state index in [0.29, 0.717) is 6.54 Å². The van der Waals surface area contributed by atoms with Crippen molar-refractivity contribution in [1.29, 1.82) is 0 Å². The maximum absolute atomic E-state index is 5.91. The molecule has 4 heteroatoms. The molecule has 1 unspecified atom stereocenters. The molecule has 0 saturated heterocycles. The van der Waals surface area contributed by atoms with Crippen LogP contribution in [0.4, 0.5) is 0 Å². The fraction of sp³-hybridized carbons (Fsp3) is 0.312. The van der Waals surface area contributed by atoms with Gasteiger partial charge in [0.1, 0.15) is 11.3 Å². The lowest BCUT2D eigenvalue weighted by atomic mass is 10.2. The highest BCUT2D eigenvalue weighted by atomic mass is 16.5. The second-order valence-electron chi connectivity index (χ2n) is 5.21. The largest absolute Gasteiger partial charge is 0.459 e. The number of aryl methyl sites for hydroxylation is 1. The van der Waals surface area contributed by atoms with Gasteiger partial charge < -0.3 is 8.94 Å². The van der Waals surface area contributed by atoms with E-state index in [1.165, 1.54) is 0 Å². The molecule has 0 bridgehead atoms. The van der Waals surface area contributed by atoms with Crippen molar-refractivity contribution in [3.8, 4) is 0 Å². The number of hydrogen-bond acceptors (Lipinski definition) is 4. The molecule has 3 aromatic rings. The number of hydrogen-bond donors (Lipinski definition) is 0. The van der Waals surface area contributed by atoms with Gasteiger partial charge >= 0.3 is 0 Å². The Hall–Kier alpha value is -2.07. The Morgan fingerprint density at radius 1 is 1.25 bits per heavy atom. The molecule has 0 radical (unpaired) electrons. The first-order chi connectivity index (χ1) is 9.63. The predicted molar refractivity (Wildman–Crippen MR) is 77.3 cm³/mol. The standard InChI is InChI=1S/C16H18N2O2/c1-11-8-14(20-17-11)10-18(3)12(2)16-9-13-6-4-5-7-15(13)19-16/h4-9,12H,10H2,1-3H3. The molecule has 1 aromatic carbocycles. The van der Waals surface area contributed by atoms with Gasteiger partial charge in [-0.1, -0.05) is 23.4 Å². The van der Waals surface area contributed by atoms with E-state index < -0.39 is 0 Å². The van der Waals surface area contributed by atoms with Gasteiger partial charge in [-0.3, -0.25) is 4.90 Å². The molecule has 0 aliphatic rings. The molecule has 1 atom stereocenters. The Bertz CT molecular complexity index is 681. The van der Waals surface area contributed by atoms with Gasteiger partial charge in [0.25, 0.3) is 0 Å². The number of benzene rings is 1. The zero-order chi connectivity index (χ0) is 14.1. The first-order valence-electron chi connectivity index (χ1n) is 6.74. The Kier molecular flexibility index (Phi) is 3.32. The van der Waals surface area contributed by atoms with Crippen LogP contribution in [0, 0.1) is 6.92 Å². The Morgan fingerprint density at radius 3 is 2.75 bits per heavy atom. The van der Waals surface area contributed by atoms with Crippen molar-refractivity contribution in [3.05, 3.63) is 53.6 Å². The van der Waals surface area contributed by atoms with Crippen LogP contribution in [0.5, 0.6) is 0 Å². The number of para-hydroxylation sites is 1. The molecule has 20 heavy (non-hydrogen) atoms. The minimum absolute atomic E-state index is 0.174. The summed E-state index contributed by atoms with van der Waals surface area (Å²) in [5, 5.41) is 5.05. The maximum Gasteiger partial charge on any atom is 0.150 e. The molecule has 0 spiro atoms. The van der Waals surface area contributed by atoms with Crippen molar-refractivity contribution in [2.75, 3.05) is 7.05 Å². The average Bonchev–Trinajstić information content (AvgIpc) is 3.03. The highest BCUT2D eigenvalue weighted by molar-refractivity contribution is 5.77. The summed E-state index contributed by atoms with van der Waals surface area (Å²) in [5.41, 5.74) is 1.84. The lowest BCUT2D eigenvalue weighted by Gasteiger charge is -2.21. The van der Waals surface area contributed by atoms with Gasteiger partial charge in [-0.25, -0.2) is 0 Å². The molecule has 2 heterocycles. The highest BCUT2D eigenvalue weighted by Crippen LogP contribution is 2.27. The third-order valence-electron chi connectivity index (χ3n) is 3.60. The molecule has 104 valence electrons. The number of rotatable bonds is 4. The highest BCUT2D eigenvalue weighted by Gasteiger charge is 2.17. The molecule has 4 nitrogen and oxygen atoms in total. The van der Waals surface area contributed by atoms with Crippen molar-refractivity contribution in [1.82, 2.24) is 10.1 Å². The summed E-state index contributed by atoms with van der Waals surface area (Å²) >= 11 is 0. The van der Waals surface area contributed by atoms with Crippen LogP contribution < -0.4 is 0 Å². The Labute approximate surface area is 118 Å². The van der Waals surface area contributed by atoms with Crippen molar-refractivity contribution in [2.24, 2.45) is 0 Å². The van der Waals surface area contributed by atoms with Crippen LogP contribution in [-0.4, -0.2) is 17.1 Å². The van der Waals surface area contributed by atoms with Crippen LogP contribution >= 0.6 is 0 Å². The van der Waals surface area contributed by atoms with Crippen LogP contribution in [0.2, 0.25) is 0 Å². The summed E-state index contributed by atoms with van der Waals surface area (Å²) in [4.78, 5) is 2.18. The fourth-order valence-corrected chi connectivity index (χ4v) is 2.30. The lowest BCUT2D eigenvalue weighted by molar-refractivity contribution is 0.201. The van der Waals surface area contributed by atoms with Gasteiger partial charge in [0.05, 0.1) is 18.3 Å². The van der Waals surface area contributed by atoms with Gasteiger partial charge in [0.15, 0.2) is 5.76 Å². The molecule has 0 aliphatic carbocycles. The molecule has 2 aromatic heterocycles. The van der Waals surface area contributed by atoms with Gasteiger partial charge in [-0.2, -0.15) is 0 Å². The van der Waals surface area contributed by atoms with E-state index in [0.717, 1.165) is 28.2 Å². The van der Waals surface area contributed by atoms with E-state index >= 15 is 0 Å². The topological polar surface area (TPSA) is 42.4 Å². The van der Waals surface area contributed by atoms with E-state index in [2.05, 4.69) is 36.2 Å². The van der Waals surface area contributed by atoms with Crippen molar-refractivity contribution in [3.63, 3.8) is 0 Å². The predicted octanol–water partition coefficient (Wildman–Crippen LogP) is 3.92. The summed E-state index contributed by atoms with van der Waals surface area (Å²) in [5.74, 6) is 1.83. The van der Waals surface area contributed by atoms with Crippen molar-refractivity contribution >= 4 is 11.0 Å². The van der Waals surface area contributed by atoms with Crippen LogP contribution in [0.1, 0.15) is 30.2 Å². The van der Waals surface area contributed by atoms with Gasteiger partial charge in [0.2, 0.25) is 0 Å². The van der Waals surface area contributed by atoms with Gasteiger partial charge in [0, 0.05) is 11.5 Å². The summed E-state index contributed by atoms with van der Waals surface area (Å²) in [6.45, 7) is 4.76.